The third-order valence-corrected chi connectivity index (χ3v) is 7.79. The van der Waals surface area contributed by atoms with E-state index in [1.807, 2.05) is 24.0 Å². The van der Waals surface area contributed by atoms with Crippen LogP contribution >= 0.6 is 0 Å². The van der Waals surface area contributed by atoms with Crippen LogP contribution in [0.3, 0.4) is 0 Å². The summed E-state index contributed by atoms with van der Waals surface area (Å²) in [5.41, 5.74) is 3.76. The van der Waals surface area contributed by atoms with Crippen molar-refractivity contribution in [3.63, 3.8) is 0 Å². The summed E-state index contributed by atoms with van der Waals surface area (Å²) in [6.07, 6.45) is 7.98. The van der Waals surface area contributed by atoms with Gasteiger partial charge in [-0.2, -0.15) is 0 Å². The minimum absolute atomic E-state index is 0.0440. The zero-order chi connectivity index (χ0) is 25.5. The van der Waals surface area contributed by atoms with Gasteiger partial charge in [0, 0.05) is 49.2 Å². The van der Waals surface area contributed by atoms with Crippen molar-refractivity contribution >= 4 is 27.9 Å². The Morgan fingerprint density at radius 1 is 1.11 bits per heavy atom. The zero-order valence-corrected chi connectivity index (χ0v) is 21.0. The molecule has 0 aliphatic carbocycles. The SMILES string of the molecule is Cc1ccc2cc(C(=O)N3CCCC3C=CCN3CCC(n4c(=O)oc5cc(F)ccc54)CC3)[nH]c2c1. The number of fused-ring (bicyclic) bond motifs is 2. The number of nitrogens with one attached hydrogen (secondary N) is 1. The second kappa shape index (κ2) is 9.67. The molecule has 6 rings (SSSR count). The van der Waals surface area contributed by atoms with Crippen molar-refractivity contribution in [2.75, 3.05) is 26.2 Å². The van der Waals surface area contributed by atoms with Crippen molar-refractivity contribution in [2.45, 2.75) is 44.7 Å². The first-order valence-corrected chi connectivity index (χ1v) is 13.1. The first-order valence-electron chi connectivity index (χ1n) is 13.1. The van der Waals surface area contributed by atoms with Crippen molar-refractivity contribution < 1.29 is 13.6 Å². The van der Waals surface area contributed by atoms with Crippen LogP contribution in [0.4, 0.5) is 4.39 Å². The van der Waals surface area contributed by atoms with Gasteiger partial charge in [-0.3, -0.25) is 14.3 Å². The molecular formula is C29H31FN4O3. The fourth-order valence-electron chi connectivity index (χ4n) is 5.84. The van der Waals surface area contributed by atoms with Crippen LogP contribution < -0.4 is 5.76 Å². The summed E-state index contributed by atoms with van der Waals surface area (Å²) in [4.78, 5) is 33.3. The van der Waals surface area contributed by atoms with Crippen molar-refractivity contribution in [3.8, 4) is 0 Å². The highest BCUT2D eigenvalue weighted by atomic mass is 19.1. The van der Waals surface area contributed by atoms with E-state index in [0.29, 0.717) is 16.8 Å². The Morgan fingerprint density at radius 2 is 1.95 bits per heavy atom. The summed E-state index contributed by atoms with van der Waals surface area (Å²) in [6.45, 7) is 5.34. The third kappa shape index (κ3) is 4.62. The lowest BCUT2D eigenvalue weighted by Crippen LogP contribution is -2.37. The molecule has 0 radical (unpaired) electrons. The van der Waals surface area contributed by atoms with Crippen molar-refractivity contribution in [1.29, 1.82) is 0 Å². The highest BCUT2D eigenvalue weighted by Crippen LogP contribution is 2.27. The van der Waals surface area contributed by atoms with E-state index in [-0.39, 0.29) is 18.0 Å². The van der Waals surface area contributed by atoms with E-state index >= 15 is 0 Å². The van der Waals surface area contributed by atoms with E-state index in [1.165, 1.54) is 17.7 Å². The van der Waals surface area contributed by atoms with Gasteiger partial charge in [0.05, 0.1) is 11.6 Å². The van der Waals surface area contributed by atoms with E-state index in [1.54, 1.807) is 10.6 Å². The molecule has 0 bridgehead atoms. The number of halogens is 1. The number of hydrogen-bond acceptors (Lipinski definition) is 4. The number of aryl methyl sites for hydroxylation is 1. The topological polar surface area (TPSA) is 74.5 Å². The molecule has 192 valence electrons. The Hall–Kier alpha value is -3.65. The number of likely N-dealkylation sites (tertiary alicyclic amines) is 2. The summed E-state index contributed by atoms with van der Waals surface area (Å²) >= 11 is 0. The van der Waals surface area contributed by atoms with Crippen LogP contribution in [-0.4, -0.2) is 57.5 Å². The van der Waals surface area contributed by atoms with Crippen LogP contribution in [-0.2, 0) is 0 Å². The molecule has 0 spiro atoms. The average molecular weight is 503 g/mol. The summed E-state index contributed by atoms with van der Waals surface area (Å²) in [7, 11) is 0. The first-order chi connectivity index (χ1) is 18.0. The minimum atomic E-state index is -0.421. The van der Waals surface area contributed by atoms with Gasteiger partial charge in [-0.1, -0.05) is 24.3 Å². The Balaban J connectivity index is 1.06. The summed E-state index contributed by atoms with van der Waals surface area (Å²) in [5, 5.41) is 1.06. The maximum atomic E-state index is 13.5. The van der Waals surface area contributed by atoms with Crippen molar-refractivity contribution in [1.82, 2.24) is 19.4 Å². The molecule has 4 aromatic rings. The zero-order valence-electron chi connectivity index (χ0n) is 21.0. The predicted octanol–water partition coefficient (Wildman–Crippen LogP) is 5.02. The Labute approximate surface area is 214 Å². The van der Waals surface area contributed by atoms with E-state index in [4.69, 9.17) is 4.42 Å². The molecule has 7 nitrogen and oxygen atoms in total. The molecule has 1 atom stereocenters. The molecule has 2 fully saturated rings. The normalized spacial score (nSPS) is 19.6. The second-order valence-electron chi connectivity index (χ2n) is 10.3. The number of aromatic amines is 1. The molecule has 1 unspecified atom stereocenters. The van der Waals surface area contributed by atoms with Crippen molar-refractivity contribution in [3.05, 3.63) is 82.2 Å². The summed E-state index contributed by atoms with van der Waals surface area (Å²) in [5.74, 6) is -0.775. The maximum Gasteiger partial charge on any atom is 0.420 e. The summed E-state index contributed by atoms with van der Waals surface area (Å²) in [6, 6.07) is 12.5. The molecular weight excluding hydrogens is 471 g/mol. The number of benzene rings is 2. The van der Waals surface area contributed by atoms with Gasteiger partial charge in [0.2, 0.25) is 0 Å². The number of rotatable bonds is 5. The Bertz CT molecular complexity index is 1540. The molecule has 0 saturated carbocycles. The quantitative estimate of drug-likeness (QED) is 0.389. The van der Waals surface area contributed by atoms with Gasteiger partial charge in [0.1, 0.15) is 11.5 Å². The number of H-pyrrole nitrogens is 1. The fourth-order valence-corrected chi connectivity index (χ4v) is 5.84. The van der Waals surface area contributed by atoms with E-state index in [2.05, 4.69) is 34.2 Å². The van der Waals surface area contributed by atoms with Gasteiger partial charge in [-0.05, 0) is 62.4 Å². The van der Waals surface area contributed by atoms with Crippen LogP contribution in [0, 0.1) is 12.7 Å². The van der Waals surface area contributed by atoms with Crippen LogP contribution in [0.25, 0.3) is 22.0 Å². The fraction of sp³-hybridized carbons (Fsp3) is 0.379. The van der Waals surface area contributed by atoms with Gasteiger partial charge in [-0.25, -0.2) is 9.18 Å². The summed E-state index contributed by atoms with van der Waals surface area (Å²) < 4.78 is 20.5. The van der Waals surface area contributed by atoms with E-state index in [9.17, 15) is 14.0 Å². The number of nitrogens with zero attached hydrogens (tertiary/aromatic N) is 3. The van der Waals surface area contributed by atoms with E-state index < -0.39 is 11.6 Å². The lowest BCUT2D eigenvalue weighted by Gasteiger charge is -2.31. The highest BCUT2D eigenvalue weighted by Gasteiger charge is 2.29. The second-order valence-corrected chi connectivity index (χ2v) is 10.3. The molecule has 4 heterocycles. The number of piperidine rings is 1. The third-order valence-electron chi connectivity index (χ3n) is 7.79. The number of carbonyl (C=O) groups excluding carboxylic acids is 1. The highest BCUT2D eigenvalue weighted by molar-refractivity contribution is 5.98. The smallest absolute Gasteiger partial charge is 0.408 e. The number of hydrogen-bond donors (Lipinski definition) is 1. The van der Waals surface area contributed by atoms with Gasteiger partial charge in [0.15, 0.2) is 5.58 Å². The lowest BCUT2D eigenvalue weighted by atomic mass is 10.0. The van der Waals surface area contributed by atoms with Crippen LogP contribution in [0.15, 0.2) is 63.8 Å². The molecule has 1 amide bonds. The molecule has 2 aliphatic heterocycles. The number of carbonyl (C=O) groups is 1. The molecule has 2 aliphatic rings. The first kappa shape index (κ1) is 23.7. The van der Waals surface area contributed by atoms with Crippen LogP contribution in [0.1, 0.15) is 47.8 Å². The monoisotopic (exact) mass is 502 g/mol. The Kier molecular flexibility index (Phi) is 6.20. The Morgan fingerprint density at radius 3 is 2.78 bits per heavy atom. The number of oxazole rings is 1. The molecule has 37 heavy (non-hydrogen) atoms. The lowest BCUT2D eigenvalue weighted by molar-refractivity contribution is 0.0756. The largest absolute Gasteiger partial charge is 0.420 e. The van der Waals surface area contributed by atoms with E-state index in [0.717, 1.165) is 62.8 Å². The van der Waals surface area contributed by atoms with Gasteiger partial charge in [-0.15, -0.1) is 0 Å². The minimum Gasteiger partial charge on any atom is -0.408 e. The molecule has 8 heteroatoms. The number of amides is 1. The number of aromatic nitrogens is 2. The van der Waals surface area contributed by atoms with Gasteiger partial charge in [0.25, 0.3) is 5.91 Å². The predicted molar refractivity (Wildman–Crippen MR) is 141 cm³/mol. The average Bonchev–Trinajstić information content (AvgIpc) is 3.60. The van der Waals surface area contributed by atoms with Crippen LogP contribution in [0.5, 0.6) is 0 Å². The van der Waals surface area contributed by atoms with Crippen molar-refractivity contribution in [2.24, 2.45) is 0 Å². The van der Waals surface area contributed by atoms with Gasteiger partial charge < -0.3 is 14.3 Å². The molecule has 2 aromatic heterocycles. The molecule has 1 N–H and O–H groups in total. The molecule has 2 aromatic carbocycles. The maximum absolute atomic E-state index is 13.5. The standard InChI is InChI=1S/C29H31FN4O3/c1-19-6-7-20-17-25(31-24(20)16-19)28(35)33-13-3-5-22(33)4-2-12-32-14-10-23(11-15-32)34-26-9-8-21(30)18-27(26)37-29(34)36/h2,4,6-9,16-18,22-23,31H,3,5,10-15H2,1H3. The van der Waals surface area contributed by atoms with Gasteiger partial charge >= 0.3 is 5.76 Å². The van der Waals surface area contributed by atoms with Crippen LogP contribution in [0.2, 0.25) is 0 Å². The molecule has 2 saturated heterocycles.